The molecule has 3 rings (SSSR count). The number of amides is 2. The lowest BCUT2D eigenvalue weighted by molar-refractivity contribution is -0.141. The Labute approximate surface area is 147 Å². The summed E-state index contributed by atoms with van der Waals surface area (Å²) in [5, 5.41) is 10.3. The number of hydrogen-bond donors (Lipinski definition) is 1. The summed E-state index contributed by atoms with van der Waals surface area (Å²) in [4.78, 5) is 26.7. The Kier molecular flexibility index (Phi) is 4.97. The molecule has 0 saturated heterocycles. The third-order valence-corrected chi connectivity index (χ3v) is 4.95. The van der Waals surface area contributed by atoms with Gasteiger partial charge in [0.05, 0.1) is 19.8 Å². The molecule has 2 aliphatic rings. The van der Waals surface area contributed by atoms with Crippen molar-refractivity contribution in [2.75, 3.05) is 14.2 Å². The van der Waals surface area contributed by atoms with Gasteiger partial charge in [0.15, 0.2) is 17.3 Å². The lowest BCUT2D eigenvalue weighted by Crippen LogP contribution is -2.40. The van der Waals surface area contributed by atoms with E-state index in [0.717, 1.165) is 38.5 Å². The minimum Gasteiger partial charge on any atom is -0.502 e. The first kappa shape index (κ1) is 17.3. The number of carbonyl (C=O) groups is 2. The number of nitrogens with zero attached hydrogens (tertiary/aromatic N) is 1. The summed E-state index contributed by atoms with van der Waals surface area (Å²) >= 11 is 0. The summed E-state index contributed by atoms with van der Waals surface area (Å²) in [6.45, 7) is 0. The van der Waals surface area contributed by atoms with Gasteiger partial charge in [-0.05, 0) is 30.5 Å². The summed E-state index contributed by atoms with van der Waals surface area (Å²) in [6.07, 6.45) is 5.82. The van der Waals surface area contributed by atoms with Crippen LogP contribution in [0.1, 0.15) is 44.1 Å². The number of methoxy groups -OCH3 is 2. The molecule has 1 heterocycles. The molecule has 25 heavy (non-hydrogen) atoms. The number of aliphatic hydroxyl groups excluding tert-OH is 1. The second kappa shape index (κ2) is 7.17. The predicted octanol–water partition coefficient (Wildman–Crippen LogP) is 3.06. The highest BCUT2D eigenvalue weighted by Gasteiger charge is 2.43. The molecule has 1 aromatic rings. The number of carbonyl (C=O) groups excluding carboxylic acids is 2. The fraction of sp³-hybridized carbons (Fsp3) is 0.474. The van der Waals surface area contributed by atoms with Crippen molar-refractivity contribution in [3.05, 3.63) is 29.5 Å². The summed E-state index contributed by atoms with van der Waals surface area (Å²) in [6, 6.07) is 4.77. The molecule has 1 aliphatic heterocycles. The Morgan fingerprint density at radius 1 is 0.960 bits per heavy atom. The molecule has 1 fully saturated rings. The molecular weight excluding hydrogens is 322 g/mol. The standard InChI is InChI=1S/C19H23NO5/c1-24-14-10-9-12(11-15(14)25-2)16-17(21)19(23)20(18(16)22)13-7-5-3-4-6-8-13/h9-11,13,21H,3-8H2,1-2H3. The van der Waals surface area contributed by atoms with Crippen LogP contribution in [0.25, 0.3) is 5.57 Å². The second-order valence-corrected chi connectivity index (χ2v) is 6.42. The maximum absolute atomic E-state index is 12.9. The number of aliphatic hydroxyl groups is 1. The average Bonchev–Trinajstić information content (AvgIpc) is 2.82. The number of rotatable bonds is 4. The van der Waals surface area contributed by atoms with Crippen LogP contribution in [0, 0.1) is 0 Å². The molecule has 134 valence electrons. The molecule has 1 saturated carbocycles. The zero-order valence-corrected chi connectivity index (χ0v) is 14.6. The Morgan fingerprint density at radius 3 is 2.20 bits per heavy atom. The maximum atomic E-state index is 12.9. The van der Waals surface area contributed by atoms with Gasteiger partial charge in [-0.3, -0.25) is 14.5 Å². The lowest BCUT2D eigenvalue weighted by Gasteiger charge is -2.25. The van der Waals surface area contributed by atoms with Gasteiger partial charge in [-0.15, -0.1) is 0 Å². The van der Waals surface area contributed by atoms with Crippen molar-refractivity contribution < 1.29 is 24.2 Å². The molecule has 1 N–H and O–H groups in total. The number of imide groups is 1. The van der Waals surface area contributed by atoms with E-state index in [4.69, 9.17) is 9.47 Å². The molecule has 1 aliphatic carbocycles. The van der Waals surface area contributed by atoms with E-state index >= 15 is 0 Å². The maximum Gasteiger partial charge on any atom is 0.296 e. The summed E-state index contributed by atoms with van der Waals surface area (Å²) in [7, 11) is 3.02. The molecule has 0 radical (unpaired) electrons. The van der Waals surface area contributed by atoms with Crippen LogP contribution in [0.4, 0.5) is 0 Å². The highest BCUT2D eigenvalue weighted by Crippen LogP contribution is 2.36. The van der Waals surface area contributed by atoms with E-state index in [2.05, 4.69) is 0 Å². The molecule has 0 spiro atoms. The van der Waals surface area contributed by atoms with E-state index < -0.39 is 17.6 Å². The zero-order valence-electron chi connectivity index (χ0n) is 14.6. The molecule has 0 unspecified atom stereocenters. The predicted molar refractivity (Wildman–Crippen MR) is 92.4 cm³/mol. The summed E-state index contributed by atoms with van der Waals surface area (Å²) in [5.41, 5.74) is 0.486. The molecule has 0 aromatic heterocycles. The molecule has 0 atom stereocenters. The smallest absolute Gasteiger partial charge is 0.296 e. The van der Waals surface area contributed by atoms with Crippen LogP contribution in [0.3, 0.4) is 0 Å². The first-order chi connectivity index (χ1) is 12.1. The van der Waals surface area contributed by atoms with Gasteiger partial charge in [0.25, 0.3) is 11.8 Å². The monoisotopic (exact) mass is 345 g/mol. The summed E-state index contributed by atoms with van der Waals surface area (Å²) in [5.74, 6) is -0.554. The minimum absolute atomic E-state index is 0.0372. The quantitative estimate of drug-likeness (QED) is 0.670. The van der Waals surface area contributed by atoms with E-state index in [0.29, 0.717) is 17.1 Å². The molecular formula is C19H23NO5. The largest absolute Gasteiger partial charge is 0.502 e. The molecule has 1 aromatic carbocycles. The van der Waals surface area contributed by atoms with Crippen LogP contribution in [-0.4, -0.2) is 42.1 Å². The van der Waals surface area contributed by atoms with Gasteiger partial charge in [-0.25, -0.2) is 0 Å². The van der Waals surface area contributed by atoms with Gasteiger partial charge in [0.2, 0.25) is 0 Å². The van der Waals surface area contributed by atoms with Crippen molar-refractivity contribution in [1.29, 1.82) is 0 Å². The van der Waals surface area contributed by atoms with E-state index in [1.54, 1.807) is 18.2 Å². The fourth-order valence-electron chi connectivity index (χ4n) is 3.63. The normalized spacial score (nSPS) is 19.4. The first-order valence-electron chi connectivity index (χ1n) is 8.62. The highest BCUT2D eigenvalue weighted by molar-refractivity contribution is 6.35. The van der Waals surface area contributed by atoms with Crippen molar-refractivity contribution in [1.82, 2.24) is 4.90 Å². The van der Waals surface area contributed by atoms with Gasteiger partial charge in [0, 0.05) is 6.04 Å². The molecule has 0 bridgehead atoms. The van der Waals surface area contributed by atoms with Gasteiger partial charge in [0.1, 0.15) is 0 Å². The van der Waals surface area contributed by atoms with E-state index in [9.17, 15) is 14.7 Å². The van der Waals surface area contributed by atoms with Crippen molar-refractivity contribution >= 4 is 17.4 Å². The fourth-order valence-corrected chi connectivity index (χ4v) is 3.63. The van der Waals surface area contributed by atoms with Crippen molar-refractivity contribution in [2.24, 2.45) is 0 Å². The van der Waals surface area contributed by atoms with Gasteiger partial charge in [-0.1, -0.05) is 31.7 Å². The van der Waals surface area contributed by atoms with Crippen molar-refractivity contribution in [2.45, 2.75) is 44.6 Å². The van der Waals surface area contributed by atoms with Gasteiger partial charge < -0.3 is 14.6 Å². The first-order valence-corrected chi connectivity index (χ1v) is 8.62. The van der Waals surface area contributed by atoms with Crippen LogP contribution >= 0.6 is 0 Å². The van der Waals surface area contributed by atoms with E-state index in [1.165, 1.54) is 19.1 Å². The van der Waals surface area contributed by atoms with Crippen LogP contribution in [0.15, 0.2) is 24.0 Å². The van der Waals surface area contributed by atoms with Gasteiger partial charge in [-0.2, -0.15) is 0 Å². The molecule has 6 heteroatoms. The van der Waals surface area contributed by atoms with Gasteiger partial charge >= 0.3 is 0 Å². The van der Waals surface area contributed by atoms with Crippen molar-refractivity contribution in [3.8, 4) is 11.5 Å². The Morgan fingerprint density at radius 2 is 1.60 bits per heavy atom. The third kappa shape index (κ3) is 3.08. The SMILES string of the molecule is COc1ccc(C2=C(O)C(=O)N(C3CCCCCC3)C2=O)cc1OC. The second-order valence-electron chi connectivity index (χ2n) is 6.42. The van der Waals surface area contributed by atoms with Crippen LogP contribution in [0.2, 0.25) is 0 Å². The van der Waals surface area contributed by atoms with Crippen LogP contribution < -0.4 is 9.47 Å². The average molecular weight is 345 g/mol. The van der Waals surface area contributed by atoms with Crippen molar-refractivity contribution in [3.63, 3.8) is 0 Å². The Bertz CT molecular complexity index is 717. The number of hydrogen-bond acceptors (Lipinski definition) is 5. The number of ether oxygens (including phenoxy) is 2. The number of benzene rings is 1. The lowest BCUT2D eigenvalue weighted by atomic mass is 10.0. The topological polar surface area (TPSA) is 76.1 Å². The van der Waals surface area contributed by atoms with E-state index in [1.807, 2.05) is 0 Å². The Hall–Kier alpha value is -2.50. The van der Waals surface area contributed by atoms with E-state index in [-0.39, 0.29) is 11.6 Å². The highest BCUT2D eigenvalue weighted by atomic mass is 16.5. The van der Waals surface area contributed by atoms with Crippen LogP contribution in [0.5, 0.6) is 11.5 Å². The molecule has 6 nitrogen and oxygen atoms in total. The third-order valence-electron chi connectivity index (χ3n) is 4.95. The zero-order chi connectivity index (χ0) is 18.0. The Balaban J connectivity index is 1.94. The van der Waals surface area contributed by atoms with Crippen LogP contribution in [-0.2, 0) is 9.59 Å². The summed E-state index contributed by atoms with van der Waals surface area (Å²) < 4.78 is 10.4. The molecule has 2 amide bonds. The minimum atomic E-state index is -0.596.